The zero-order chi connectivity index (χ0) is 10.7. The van der Waals surface area contributed by atoms with E-state index in [-0.39, 0.29) is 17.8 Å². The molecular weight excluding hydrogens is 184 g/mol. The van der Waals surface area contributed by atoms with E-state index in [2.05, 4.69) is 0 Å². The molecule has 0 amide bonds. The van der Waals surface area contributed by atoms with Gasteiger partial charge in [-0.2, -0.15) is 0 Å². The minimum absolute atomic E-state index is 0.156. The van der Waals surface area contributed by atoms with E-state index >= 15 is 0 Å². The summed E-state index contributed by atoms with van der Waals surface area (Å²) in [5.41, 5.74) is 0. The fraction of sp³-hybridized carbons (Fsp3) is 0.800. The van der Waals surface area contributed by atoms with Crippen LogP contribution in [0, 0.1) is 17.8 Å². The van der Waals surface area contributed by atoms with Gasteiger partial charge >= 0.3 is 11.9 Å². The van der Waals surface area contributed by atoms with E-state index in [0.717, 1.165) is 12.8 Å². The maximum Gasteiger partial charge on any atom is 0.306 e. The van der Waals surface area contributed by atoms with Gasteiger partial charge in [0.15, 0.2) is 0 Å². The molecule has 0 heterocycles. The summed E-state index contributed by atoms with van der Waals surface area (Å²) in [6.07, 6.45) is 2.70. The highest BCUT2D eigenvalue weighted by Crippen LogP contribution is 2.33. The van der Waals surface area contributed by atoms with E-state index < -0.39 is 11.9 Å². The highest BCUT2D eigenvalue weighted by Gasteiger charge is 2.31. The van der Waals surface area contributed by atoms with Crippen LogP contribution in [0.15, 0.2) is 0 Å². The van der Waals surface area contributed by atoms with Gasteiger partial charge in [0.25, 0.3) is 0 Å². The van der Waals surface area contributed by atoms with Gasteiger partial charge in [0, 0.05) is 0 Å². The Hall–Kier alpha value is -1.06. The first-order valence-corrected chi connectivity index (χ1v) is 4.98. The molecule has 0 saturated heterocycles. The van der Waals surface area contributed by atoms with Crippen LogP contribution in [0.3, 0.4) is 0 Å². The van der Waals surface area contributed by atoms with Crippen LogP contribution in [0.5, 0.6) is 0 Å². The fourth-order valence-corrected chi connectivity index (χ4v) is 2.07. The number of carbonyl (C=O) groups is 2. The lowest BCUT2D eigenvalue weighted by Crippen LogP contribution is -2.28. The molecule has 0 aromatic rings. The summed E-state index contributed by atoms with van der Waals surface area (Å²) in [7, 11) is 0. The van der Waals surface area contributed by atoms with Crippen LogP contribution in [-0.4, -0.2) is 22.2 Å². The van der Waals surface area contributed by atoms with E-state index in [4.69, 9.17) is 10.2 Å². The fourth-order valence-electron chi connectivity index (χ4n) is 2.07. The van der Waals surface area contributed by atoms with Crippen molar-refractivity contribution in [3.05, 3.63) is 0 Å². The molecule has 0 radical (unpaired) electrons. The van der Waals surface area contributed by atoms with Crippen molar-refractivity contribution >= 4 is 11.9 Å². The summed E-state index contributed by atoms with van der Waals surface area (Å²) in [5, 5.41) is 17.5. The average molecular weight is 200 g/mol. The minimum Gasteiger partial charge on any atom is -0.481 e. The lowest BCUT2D eigenvalue weighted by molar-refractivity contribution is -0.145. The largest absolute Gasteiger partial charge is 0.481 e. The Bertz CT molecular complexity index is 228. The first-order valence-electron chi connectivity index (χ1n) is 4.98. The molecule has 0 spiro atoms. The van der Waals surface area contributed by atoms with Gasteiger partial charge in [-0.1, -0.05) is 6.92 Å². The summed E-state index contributed by atoms with van der Waals surface area (Å²) in [6.45, 7) is 1.70. The predicted molar refractivity (Wildman–Crippen MR) is 49.9 cm³/mol. The van der Waals surface area contributed by atoms with Crippen LogP contribution in [-0.2, 0) is 9.59 Å². The Morgan fingerprint density at radius 3 is 2.00 bits per heavy atom. The van der Waals surface area contributed by atoms with Crippen LogP contribution in [0.2, 0.25) is 0 Å². The maximum absolute atomic E-state index is 10.7. The van der Waals surface area contributed by atoms with Crippen molar-refractivity contribution in [2.24, 2.45) is 17.8 Å². The molecule has 1 fully saturated rings. The second-order valence-electron chi connectivity index (χ2n) is 4.08. The molecule has 1 unspecified atom stereocenters. The predicted octanol–water partition coefficient (Wildman–Crippen LogP) is 1.60. The van der Waals surface area contributed by atoms with Gasteiger partial charge in [-0.15, -0.1) is 0 Å². The Morgan fingerprint density at radius 1 is 1.14 bits per heavy atom. The molecule has 1 aliphatic rings. The molecule has 1 aliphatic carbocycles. The molecule has 0 aromatic carbocycles. The van der Waals surface area contributed by atoms with Gasteiger partial charge in [0.05, 0.1) is 11.8 Å². The summed E-state index contributed by atoms with van der Waals surface area (Å²) in [4.78, 5) is 21.3. The second kappa shape index (κ2) is 4.44. The molecule has 14 heavy (non-hydrogen) atoms. The Balaban J connectivity index is 2.43. The zero-order valence-electron chi connectivity index (χ0n) is 8.27. The van der Waals surface area contributed by atoms with Gasteiger partial charge < -0.3 is 10.2 Å². The Labute approximate surface area is 82.9 Å². The van der Waals surface area contributed by atoms with Gasteiger partial charge in [-0.3, -0.25) is 9.59 Å². The smallest absolute Gasteiger partial charge is 0.306 e. The second-order valence-corrected chi connectivity index (χ2v) is 4.08. The lowest BCUT2D eigenvalue weighted by atomic mass is 9.76. The van der Waals surface area contributed by atoms with E-state index in [9.17, 15) is 9.59 Å². The highest BCUT2D eigenvalue weighted by atomic mass is 16.4. The molecule has 0 bridgehead atoms. The standard InChI is InChI=1S/C10H16O4/c1-6(9(11)12)7-2-4-8(5-3-7)10(13)14/h6-8H,2-5H2,1H3,(H,11,12)(H,13,14). The maximum atomic E-state index is 10.7. The third kappa shape index (κ3) is 2.47. The molecule has 80 valence electrons. The van der Waals surface area contributed by atoms with Crippen molar-refractivity contribution in [1.82, 2.24) is 0 Å². The molecule has 4 heteroatoms. The Kier molecular flexibility index (Phi) is 3.49. The van der Waals surface area contributed by atoms with E-state index in [1.54, 1.807) is 6.92 Å². The lowest BCUT2D eigenvalue weighted by Gasteiger charge is -2.28. The third-order valence-corrected chi connectivity index (χ3v) is 3.22. The van der Waals surface area contributed by atoms with Gasteiger partial charge in [0.2, 0.25) is 0 Å². The van der Waals surface area contributed by atoms with Crippen molar-refractivity contribution < 1.29 is 19.8 Å². The normalized spacial score (nSPS) is 29.5. The van der Waals surface area contributed by atoms with E-state index in [1.165, 1.54) is 0 Å². The SMILES string of the molecule is CC(C(=O)O)C1CCC(C(=O)O)CC1. The van der Waals surface area contributed by atoms with E-state index in [1.807, 2.05) is 0 Å². The minimum atomic E-state index is -0.774. The van der Waals surface area contributed by atoms with Crippen molar-refractivity contribution in [2.45, 2.75) is 32.6 Å². The van der Waals surface area contributed by atoms with Crippen LogP contribution in [0.4, 0.5) is 0 Å². The number of hydrogen-bond acceptors (Lipinski definition) is 2. The van der Waals surface area contributed by atoms with Crippen LogP contribution in [0.25, 0.3) is 0 Å². The molecule has 2 N–H and O–H groups in total. The Morgan fingerprint density at radius 2 is 1.64 bits per heavy atom. The van der Waals surface area contributed by atoms with Gasteiger partial charge in [-0.25, -0.2) is 0 Å². The van der Waals surface area contributed by atoms with E-state index in [0.29, 0.717) is 12.8 Å². The van der Waals surface area contributed by atoms with Crippen LogP contribution in [0.1, 0.15) is 32.6 Å². The molecule has 0 aliphatic heterocycles. The third-order valence-electron chi connectivity index (χ3n) is 3.22. The average Bonchev–Trinajstić information content (AvgIpc) is 2.16. The summed E-state index contributed by atoms with van der Waals surface area (Å²) in [6, 6.07) is 0. The zero-order valence-corrected chi connectivity index (χ0v) is 8.27. The summed E-state index contributed by atoms with van der Waals surface area (Å²) in [5.74, 6) is -1.96. The van der Waals surface area contributed by atoms with Crippen molar-refractivity contribution in [2.75, 3.05) is 0 Å². The number of carboxylic acid groups (broad SMARTS) is 2. The quantitative estimate of drug-likeness (QED) is 0.725. The van der Waals surface area contributed by atoms with Crippen molar-refractivity contribution in [3.63, 3.8) is 0 Å². The number of carboxylic acids is 2. The van der Waals surface area contributed by atoms with Crippen LogP contribution < -0.4 is 0 Å². The first-order chi connectivity index (χ1) is 6.52. The first kappa shape index (κ1) is 11.0. The number of rotatable bonds is 3. The summed E-state index contributed by atoms with van der Waals surface area (Å²) < 4.78 is 0. The van der Waals surface area contributed by atoms with Gasteiger partial charge in [-0.05, 0) is 31.6 Å². The topological polar surface area (TPSA) is 74.6 Å². The number of aliphatic carboxylic acids is 2. The van der Waals surface area contributed by atoms with Gasteiger partial charge in [0.1, 0.15) is 0 Å². The molecule has 0 aromatic heterocycles. The molecule has 4 nitrogen and oxygen atoms in total. The molecular formula is C10H16O4. The number of hydrogen-bond donors (Lipinski definition) is 2. The summed E-state index contributed by atoms with van der Waals surface area (Å²) >= 11 is 0. The highest BCUT2D eigenvalue weighted by molar-refractivity contribution is 5.71. The molecule has 1 atom stereocenters. The van der Waals surface area contributed by atoms with Crippen molar-refractivity contribution in [3.8, 4) is 0 Å². The molecule has 1 rings (SSSR count). The monoisotopic (exact) mass is 200 g/mol. The molecule has 1 saturated carbocycles. The van der Waals surface area contributed by atoms with Crippen LogP contribution >= 0.6 is 0 Å². The van der Waals surface area contributed by atoms with Crippen molar-refractivity contribution in [1.29, 1.82) is 0 Å².